The first kappa shape index (κ1) is 35.6. The van der Waals surface area contributed by atoms with Crippen molar-refractivity contribution in [1.29, 1.82) is 0 Å². The summed E-state index contributed by atoms with van der Waals surface area (Å²) in [6.07, 6.45) is 0. The van der Waals surface area contributed by atoms with Crippen molar-refractivity contribution in [2.45, 2.75) is 79.1 Å². The minimum atomic E-state index is 0.400. The summed E-state index contributed by atoms with van der Waals surface area (Å²) >= 11 is 0. The van der Waals surface area contributed by atoms with E-state index < -0.39 is 0 Å². The topological polar surface area (TPSA) is 0 Å². The predicted molar refractivity (Wildman–Crippen MR) is 237 cm³/mol. The van der Waals surface area contributed by atoms with Gasteiger partial charge in [-0.2, -0.15) is 0 Å². The molecule has 8 aromatic carbocycles. The van der Waals surface area contributed by atoms with Crippen molar-refractivity contribution < 1.29 is 0 Å². The maximum atomic E-state index is 2.49. The number of hydrogen-bond donors (Lipinski definition) is 0. The summed E-state index contributed by atoms with van der Waals surface area (Å²) in [5.41, 5.74) is 15.6. The average Bonchev–Trinajstić information content (AvgIpc) is 3.19. The molecule has 0 fully saturated rings. The van der Waals surface area contributed by atoms with Gasteiger partial charge < -0.3 is 0 Å². The van der Waals surface area contributed by atoms with Gasteiger partial charge in [0.2, 0.25) is 0 Å². The van der Waals surface area contributed by atoms with Gasteiger partial charge in [0.1, 0.15) is 0 Å². The molecular formula is C54H52. The lowest BCUT2D eigenvalue weighted by Gasteiger charge is -2.26. The molecule has 0 N–H and O–H groups in total. The van der Waals surface area contributed by atoms with Crippen LogP contribution >= 0.6 is 0 Å². The molecule has 0 spiro atoms. The van der Waals surface area contributed by atoms with E-state index in [1.165, 1.54) is 99.1 Å². The first-order valence-electron chi connectivity index (χ1n) is 20.0. The summed E-state index contributed by atoms with van der Waals surface area (Å²) in [6, 6.07) is 55.8. The van der Waals surface area contributed by atoms with E-state index in [0.717, 1.165) is 0 Å². The normalized spacial score (nSPS) is 12.0. The lowest BCUT2D eigenvalue weighted by molar-refractivity contribution is 0.867. The summed E-state index contributed by atoms with van der Waals surface area (Å²) in [5.74, 6) is 1.72. The first-order valence-corrected chi connectivity index (χ1v) is 20.0. The summed E-state index contributed by atoms with van der Waals surface area (Å²) in [6.45, 7) is 18.4. The summed E-state index contributed by atoms with van der Waals surface area (Å²) < 4.78 is 0. The van der Waals surface area contributed by atoms with E-state index in [9.17, 15) is 0 Å². The van der Waals surface area contributed by atoms with Gasteiger partial charge in [-0.1, -0.05) is 201 Å². The Balaban J connectivity index is 1.73. The molecule has 0 aliphatic heterocycles. The van der Waals surface area contributed by atoms with Crippen LogP contribution < -0.4 is 0 Å². The smallest absolute Gasteiger partial charge is 0.000139 e. The highest BCUT2D eigenvalue weighted by atomic mass is 14.3. The Kier molecular flexibility index (Phi) is 9.49. The maximum Gasteiger partial charge on any atom is -0.000139 e. The molecule has 268 valence electrons. The van der Waals surface area contributed by atoms with Crippen LogP contribution in [0, 0.1) is 0 Å². The third-order valence-corrected chi connectivity index (χ3v) is 11.6. The van der Waals surface area contributed by atoms with E-state index in [1.54, 1.807) is 0 Å². The van der Waals surface area contributed by atoms with Gasteiger partial charge in [0, 0.05) is 0 Å². The average molecular weight is 701 g/mol. The molecule has 0 heterocycles. The standard InChI is InChI=1S/C54H52/c1-33(2)37-19-23-41(24-20-37)49-45-29-27-43(35(5)6)31-47(45)52(40-17-13-10-14-18-40)54-50(42-25-21-38(22-26-42)34(3)4)46-30-28-44(36(7)8)32-48(46)51(53(49)54)39-15-11-9-12-16-39/h9-36H,1-8H3. The summed E-state index contributed by atoms with van der Waals surface area (Å²) in [4.78, 5) is 0. The minimum absolute atomic E-state index is 0.400. The molecule has 0 saturated heterocycles. The molecule has 0 amide bonds. The van der Waals surface area contributed by atoms with E-state index in [1.807, 2.05) is 0 Å². The molecule has 0 aromatic heterocycles. The fraction of sp³-hybridized carbons (Fsp3) is 0.222. The summed E-state index contributed by atoms with van der Waals surface area (Å²) in [5, 5.41) is 7.83. The summed E-state index contributed by atoms with van der Waals surface area (Å²) in [7, 11) is 0. The van der Waals surface area contributed by atoms with Gasteiger partial charge in [0.05, 0.1) is 0 Å². The van der Waals surface area contributed by atoms with E-state index in [-0.39, 0.29) is 0 Å². The number of benzene rings is 8. The van der Waals surface area contributed by atoms with Gasteiger partial charge in [0.25, 0.3) is 0 Å². The quantitative estimate of drug-likeness (QED) is 0.138. The van der Waals surface area contributed by atoms with Gasteiger partial charge in [-0.25, -0.2) is 0 Å². The number of rotatable bonds is 8. The zero-order valence-electron chi connectivity index (χ0n) is 33.2. The van der Waals surface area contributed by atoms with Crippen molar-refractivity contribution in [3.63, 3.8) is 0 Å². The predicted octanol–water partition coefficient (Wildman–Crippen LogP) is 16.3. The third-order valence-electron chi connectivity index (χ3n) is 11.6. The molecule has 54 heavy (non-hydrogen) atoms. The van der Waals surface area contributed by atoms with Crippen LogP contribution in [0.25, 0.3) is 76.8 Å². The van der Waals surface area contributed by atoms with Crippen LogP contribution in [0.2, 0.25) is 0 Å². The zero-order valence-corrected chi connectivity index (χ0v) is 33.2. The second-order valence-corrected chi connectivity index (χ2v) is 16.5. The molecule has 0 unspecified atom stereocenters. The Hall–Kier alpha value is -5.46. The van der Waals surface area contributed by atoms with Crippen molar-refractivity contribution in [3.05, 3.63) is 168 Å². The van der Waals surface area contributed by atoms with Crippen LogP contribution in [0.1, 0.15) is 101 Å². The van der Waals surface area contributed by atoms with Crippen LogP contribution in [0.15, 0.2) is 146 Å². The van der Waals surface area contributed by atoms with Gasteiger partial charge in [-0.3, -0.25) is 0 Å². The van der Waals surface area contributed by atoms with Crippen molar-refractivity contribution in [3.8, 4) is 44.5 Å². The second-order valence-electron chi connectivity index (χ2n) is 16.5. The Labute approximate surface area is 322 Å². The molecule has 0 aliphatic carbocycles. The van der Waals surface area contributed by atoms with Crippen LogP contribution in [0.4, 0.5) is 0 Å². The van der Waals surface area contributed by atoms with E-state index in [2.05, 4.69) is 201 Å². The molecule has 0 aliphatic rings. The number of fused-ring (bicyclic) bond motifs is 3. The molecule has 0 saturated carbocycles. The van der Waals surface area contributed by atoms with Crippen LogP contribution in [0.3, 0.4) is 0 Å². The van der Waals surface area contributed by atoms with Crippen molar-refractivity contribution >= 4 is 32.3 Å². The molecule has 8 aromatic rings. The maximum absolute atomic E-state index is 2.49. The second kappa shape index (κ2) is 14.4. The lowest BCUT2D eigenvalue weighted by atomic mass is 9.76. The lowest BCUT2D eigenvalue weighted by Crippen LogP contribution is -2.00. The zero-order chi connectivity index (χ0) is 37.7. The molecule has 0 nitrogen and oxygen atoms in total. The van der Waals surface area contributed by atoms with Crippen molar-refractivity contribution in [2.75, 3.05) is 0 Å². The van der Waals surface area contributed by atoms with Crippen LogP contribution in [-0.4, -0.2) is 0 Å². The highest BCUT2D eigenvalue weighted by Crippen LogP contribution is 2.54. The molecule has 0 heteroatoms. The van der Waals surface area contributed by atoms with E-state index in [4.69, 9.17) is 0 Å². The Morgan fingerprint density at radius 2 is 0.537 bits per heavy atom. The third kappa shape index (κ3) is 6.22. The molecule has 0 bridgehead atoms. The van der Waals surface area contributed by atoms with Gasteiger partial charge in [-0.15, -0.1) is 0 Å². The monoisotopic (exact) mass is 700 g/mol. The van der Waals surface area contributed by atoms with Gasteiger partial charge >= 0.3 is 0 Å². The fourth-order valence-electron chi connectivity index (χ4n) is 8.46. The largest absolute Gasteiger partial charge is 0.0622 e. The highest BCUT2D eigenvalue weighted by Gasteiger charge is 2.27. The molecule has 0 radical (unpaired) electrons. The van der Waals surface area contributed by atoms with E-state index in [0.29, 0.717) is 23.7 Å². The number of hydrogen-bond acceptors (Lipinski definition) is 0. The minimum Gasteiger partial charge on any atom is -0.0622 e. The van der Waals surface area contributed by atoms with Gasteiger partial charge in [0.15, 0.2) is 0 Å². The molecule has 8 rings (SSSR count). The molecule has 0 atom stereocenters. The van der Waals surface area contributed by atoms with Crippen molar-refractivity contribution in [1.82, 2.24) is 0 Å². The fourth-order valence-corrected chi connectivity index (χ4v) is 8.46. The SMILES string of the molecule is CC(C)c1ccc(-c2c3ccc(C(C)C)cc3c(-c3ccccc3)c3c(-c4ccc(C(C)C)cc4)c4ccc(C(C)C)cc4c(-c4ccccc4)c23)cc1. The first-order chi connectivity index (χ1) is 26.1. The molecular weight excluding hydrogens is 649 g/mol. The Bertz CT molecular complexity index is 2410. The van der Waals surface area contributed by atoms with Gasteiger partial charge in [-0.05, 0) is 123 Å². The Morgan fingerprint density at radius 3 is 0.852 bits per heavy atom. The van der Waals surface area contributed by atoms with Crippen molar-refractivity contribution in [2.24, 2.45) is 0 Å². The highest BCUT2D eigenvalue weighted by molar-refractivity contribution is 6.34. The van der Waals surface area contributed by atoms with Crippen LogP contribution in [0.5, 0.6) is 0 Å². The van der Waals surface area contributed by atoms with Crippen LogP contribution in [-0.2, 0) is 0 Å². The Morgan fingerprint density at radius 1 is 0.259 bits per heavy atom. The van der Waals surface area contributed by atoms with E-state index >= 15 is 0 Å².